The van der Waals surface area contributed by atoms with Gasteiger partial charge in [0.1, 0.15) is 11.6 Å². The SMILES string of the molecule is CCCCN1C(=O)[C@H](CC(C)C)NC(=O)C12CCN(Cc1c(C)nn(-c3ccc(S(=O)(=O)NC)cc3)c1C)CC2.Cl.Cl. The van der Waals surface area contributed by atoms with Crippen LogP contribution in [0.5, 0.6) is 0 Å². The highest BCUT2D eigenvalue weighted by atomic mass is 35.5. The number of sulfonamides is 1. The summed E-state index contributed by atoms with van der Waals surface area (Å²) < 4.78 is 28.4. The number of carbonyl (C=O) groups excluding carboxylic acids is 2. The maximum Gasteiger partial charge on any atom is 0.246 e. The highest BCUT2D eigenvalue weighted by Crippen LogP contribution is 2.35. The van der Waals surface area contributed by atoms with Crippen LogP contribution in [-0.2, 0) is 26.2 Å². The monoisotopic (exact) mass is 644 g/mol. The average Bonchev–Trinajstić information content (AvgIpc) is 3.21. The molecule has 1 aromatic heterocycles. The van der Waals surface area contributed by atoms with E-state index in [1.165, 1.54) is 7.05 Å². The lowest BCUT2D eigenvalue weighted by molar-refractivity contribution is -0.161. The molecule has 0 aliphatic carbocycles. The van der Waals surface area contributed by atoms with Crippen molar-refractivity contribution in [1.82, 2.24) is 29.6 Å². The molecule has 0 bridgehead atoms. The van der Waals surface area contributed by atoms with Gasteiger partial charge in [0.25, 0.3) is 0 Å². The molecule has 0 saturated carbocycles. The van der Waals surface area contributed by atoms with E-state index in [4.69, 9.17) is 5.10 Å². The molecule has 1 spiro atoms. The Labute approximate surface area is 262 Å². The molecule has 2 fully saturated rings. The van der Waals surface area contributed by atoms with E-state index in [1.54, 1.807) is 24.3 Å². The number of amides is 2. The van der Waals surface area contributed by atoms with E-state index >= 15 is 0 Å². The normalized spacial score (nSPS) is 19.0. The van der Waals surface area contributed by atoms with Crippen LogP contribution in [0.25, 0.3) is 5.69 Å². The molecule has 42 heavy (non-hydrogen) atoms. The molecule has 2 aliphatic heterocycles. The van der Waals surface area contributed by atoms with Gasteiger partial charge in [-0.15, -0.1) is 24.8 Å². The van der Waals surface area contributed by atoms with Crippen molar-refractivity contribution in [2.24, 2.45) is 5.92 Å². The number of unbranched alkanes of at least 4 members (excludes halogenated alkanes) is 1. The predicted octanol–water partition coefficient (Wildman–Crippen LogP) is 3.75. The Balaban J connectivity index is 0.00000308. The quantitative estimate of drug-likeness (QED) is 0.407. The molecule has 10 nitrogen and oxygen atoms in total. The number of likely N-dealkylation sites (tertiary alicyclic amines) is 1. The summed E-state index contributed by atoms with van der Waals surface area (Å²) in [5.74, 6) is 0.388. The maximum atomic E-state index is 13.5. The number of hydrogen-bond acceptors (Lipinski definition) is 6. The summed E-state index contributed by atoms with van der Waals surface area (Å²) in [6.45, 7) is 13.0. The second-order valence-electron chi connectivity index (χ2n) is 11.6. The van der Waals surface area contributed by atoms with Gasteiger partial charge in [-0.2, -0.15) is 5.10 Å². The van der Waals surface area contributed by atoms with Gasteiger partial charge in [0.05, 0.1) is 16.3 Å². The smallest absolute Gasteiger partial charge is 0.246 e. The first kappa shape index (κ1) is 36.0. The van der Waals surface area contributed by atoms with Gasteiger partial charge in [-0.1, -0.05) is 27.2 Å². The van der Waals surface area contributed by atoms with Crippen molar-refractivity contribution in [2.75, 3.05) is 26.7 Å². The van der Waals surface area contributed by atoms with Crippen molar-refractivity contribution in [3.8, 4) is 5.69 Å². The Morgan fingerprint density at radius 2 is 1.71 bits per heavy atom. The van der Waals surface area contributed by atoms with Crippen LogP contribution in [-0.4, -0.2) is 78.1 Å². The summed E-state index contributed by atoms with van der Waals surface area (Å²) in [4.78, 5) is 31.5. The Bertz CT molecular complexity index is 1340. The van der Waals surface area contributed by atoms with Crippen LogP contribution >= 0.6 is 24.8 Å². The Morgan fingerprint density at radius 1 is 1.10 bits per heavy atom. The van der Waals surface area contributed by atoms with E-state index in [9.17, 15) is 18.0 Å². The Morgan fingerprint density at radius 3 is 2.26 bits per heavy atom. The molecular weight excluding hydrogens is 599 g/mol. The van der Waals surface area contributed by atoms with Crippen LogP contribution in [0.3, 0.4) is 0 Å². The maximum absolute atomic E-state index is 13.5. The number of aromatic nitrogens is 2. The van der Waals surface area contributed by atoms with Crippen molar-refractivity contribution < 1.29 is 18.0 Å². The van der Waals surface area contributed by atoms with E-state index in [-0.39, 0.29) is 41.5 Å². The van der Waals surface area contributed by atoms with Crippen LogP contribution in [0, 0.1) is 19.8 Å². The number of aryl methyl sites for hydroxylation is 1. The number of nitrogens with zero attached hydrogens (tertiary/aromatic N) is 4. The Kier molecular flexibility index (Phi) is 12.5. The van der Waals surface area contributed by atoms with E-state index < -0.39 is 21.6 Å². The van der Waals surface area contributed by atoms with Gasteiger partial charge in [0, 0.05) is 37.4 Å². The summed E-state index contributed by atoms with van der Waals surface area (Å²) in [7, 11) is -2.11. The number of piperidine rings is 1. The number of carbonyl (C=O) groups is 2. The molecule has 2 saturated heterocycles. The molecule has 2 N–H and O–H groups in total. The van der Waals surface area contributed by atoms with Gasteiger partial charge in [0.2, 0.25) is 21.8 Å². The lowest BCUT2D eigenvalue weighted by Crippen LogP contribution is -2.73. The van der Waals surface area contributed by atoms with Crippen LogP contribution in [0.1, 0.15) is 69.8 Å². The number of nitrogens with one attached hydrogen (secondary N) is 2. The molecule has 1 aromatic carbocycles. The molecule has 0 unspecified atom stereocenters. The standard InChI is InChI=1S/C29H44N6O4S.2ClH/c1-7-8-15-34-27(36)26(18-20(2)3)31-28(37)29(34)13-16-33(17-14-29)19-25-21(4)32-35(22(25)5)23-9-11-24(12-10-23)40(38,39)30-6;;/h9-12,20,26,30H,7-8,13-19H2,1-6H3,(H,31,37);2*1H/t26-;;/m0../s1. The summed E-state index contributed by atoms with van der Waals surface area (Å²) in [6, 6.07) is 6.24. The zero-order chi connectivity index (χ0) is 29.2. The summed E-state index contributed by atoms with van der Waals surface area (Å²) >= 11 is 0. The van der Waals surface area contributed by atoms with Gasteiger partial charge in [0.15, 0.2) is 0 Å². The lowest BCUT2D eigenvalue weighted by atomic mass is 9.80. The van der Waals surface area contributed by atoms with Gasteiger partial charge < -0.3 is 10.2 Å². The molecule has 0 radical (unpaired) electrons. The van der Waals surface area contributed by atoms with Crippen molar-refractivity contribution in [3.63, 3.8) is 0 Å². The number of halogens is 2. The fourth-order valence-electron chi connectivity index (χ4n) is 5.99. The first-order valence-corrected chi connectivity index (χ1v) is 15.9. The lowest BCUT2D eigenvalue weighted by Gasteiger charge is -2.52. The predicted molar refractivity (Wildman–Crippen MR) is 169 cm³/mol. The first-order chi connectivity index (χ1) is 18.9. The van der Waals surface area contributed by atoms with Crippen molar-refractivity contribution in [1.29, 1.82) is 0 Å². The van der Waals surface area contributed by atoms with E-state index in [1.807, 2.05) is 23.4 Å². The molecule has 3 heterocycles. The molecule has 4 rings (SSSR count). The summed E-state index contributed by atoms with van der Waals surface area (Å²) in [5.41, 5.74) is 3.04. The Hall–Kier alpha value is -2.18. The van der Waals surface area contributed by atoms with Gasteiger partial charge in [-0.25, -0.2) is 17.8 Å². The average molecular weight is 646 g/mol. The highest BCUT2D eigenvalue weighted by Gasteiger charge is 2.53. The fourth-order valence-corrected chi connectivity index (χ4v) is 6.72. The molecule has 13 heteroatoms. The molecule has 2 aliphatic rings. The minimum Gasteiger partial charge on any atom is -0.342 e. The van der Waals surface area contributed by atoms with Gasteiger partial charge in [-0.3, -0.25) is 14.5 Å². The van der Waals surface area contributed by atoms with Gasteiger partial charge in [-0.05, 0) is 76.8 Å². The summed E-state index contributed by atoms with van der Waals surface area (Å²) in [5, 5.41) is 7.83. The third kappa shape index (κ3) is 7.13. The van der Waals surface area contributed by atoms with E-state index in [0.717, 1.165) is 35.5 Å². The van der Waals surface area contributed by atoms with Crippen LogP contribution in [0.2, 0.25) is 0 Å². The third-order valence-corrected chi connectivity index (χ3v) is 9.85. The molecule has 236 valence electrons. The van der Waals surface area contributed by atoms with Crippen molar-refractivity contribution >= 4 is 46.7 Å². The second kappa shape index (κ2) is 14.5. The topological polar surface area (TPSA) is 117 Å². The number of piperazine rings is 1. The van der Waals surface area contributed by atoms with Gasteiger partial charge >= 0.3 is 0 Å². The highest BCUT2D eigenvalue weighted by molar-refractivity contribution is 7.89. The van der Waals surface area contributed by atoms with E-state index in [2.05, 4.69) is 35.7 Å². The zero-order valence-electron chi connectivity index (χ0n) is 25.5. The number of benzene rings is 1. The van der Waals surface area contributed by atoms with Crippen LogP contribution in [0.15, 0.2) is 29.2 Å². The third-order valence-electron chi connectivity index (χ3n) is 8.42. The zero-order valence-corrected chi connectivity index (χ0v) is 27.9. The van der Waals surface area contributed by atoms with Crippen LogP contribution < -0.4 is 10.0 Å². The molecule has 2 aromatic rings. The second-order valence-corrected chi connectivity index (χ2v) is 13.5. The fraction of sp³-hybridized carbons (Fsp3) is 0.621. The molecule has 2 amide bonds. The first-order valence-electron chi connectivity index (χ1n) is 14.4. The molecular formula is C29H46Cl2N6O4S. The van der Waals surface area contributed by atoms with E-state index in [0.29, 0.717) is 51.4 Å². The number of hydrogen-bond donors (Lipinski definition) is 2. The van der Waals surface area contributed by atoms with Crippen LogP contribution in [0.4, 0.5) is 0 Å². The molecule has 1 atom stereocenters. The largest absolute Gasteiger partial charge is 0.342 e. The summed E-state index contributed by atoms with van der Waals surface area (Å²) in [6.07, 6.45) is 3.73. The van der Waals surface area contributed by atoms with Crippen molar-refractivity contribution in [2.45, 2.75) is 89.7 Å². The van der Waals surface area contributed by atoms with Crippen molar-refractivity contribution in [3.05, 3.63) is 41.2 Å². The minimum atomic E-state index is -3.51. The number of rotatable bonds is 10. The minimum absolute atomic E-state index is 0.